The lowest BCUT2D eigenvalue weighted by molar-refractivity contribution is -0.116. The van der Waals surface area contributed by atoms with Crippen LogP contribution in [-0.2, 0) is 10.2 Å². The maximum Gasteiger partial charge on any atom is 0.181 e. The minimum Gasteiger partial charge on any atom is -0.443 e. The summed E-state index contributed by atoms with van der Waals surface area (Å²) in [4.78, 5) is 15.0. The number of carbonyl (C=O) groups excluding carboxylic acids is 1. The van der Waals surface area contributed by atoms with Crippen molar-refractivity contribution < 1.29 is 9.21 Å². The number of carbonyl (C=O) groups is 1. The van der Waals surface area contributed by atoms with Crippen molar-refractivity contribution in [2.75, 3.05) is 13.1 Å². The van der Waals surface area contributed by atoms with E-state index in [1.165, 1.54) is 12.0 Å². The van der Waals surface area contributed by atoms with Crippen LogP contribution in [0.25, 0.3) is 11.1 Å². The first-order valence-electron chi connectivity index (χ1n) is 6.53. The molecule has 2 rings (SSSR count). The van der Waals surface area contributed by atoms with Crippen LogP contribution >= 0.6 is 0 Å². The third kappa shape index (κ3) is 3.41. The van der Waals surface area contributed by atoms with E-state index in [9.17, 15) is 4.79 Å². The average Bonchev–Trinajstić information content (AvgIpc) is 2.81. The molecule has 102 valence electrons. The molecule has 0 radical (unpaired) electrons. The summed E-state index contributed by atoms with van der Waals surface area (Å²) in [7, 11) is 0. The second kappa shape index (κ2) is 5.53. The summed E-state index contributed by atoms with van der Waals surface area (Å²) < 4.78 is 5.33. The number of aromatic nitrogens is 1. The number of rotatable bonds is 6. The molecular formula is C15H20N2O2. The van der Waals surface area contributed by atoms with Gasteiger partial charge < -0.3 is 9.73 Å². The molecular weight excluding hydrogens is 240 g/mol. The highest BCUT2D eigenvalue weighted by Gasteiger charge is 2.21. The molecule has 0 saturated carbocycles. The van der Waals surface area contributed by atoms with E-state index in [0.29, 0.717) is 6.42 Å². The molecule has 0 spiro atoms. The molecule has 1 aromatic carbocycles. The molecule has 4 nitrogen and oxygen atoms in total. The number of hydrogen-bond acceptors (Lipinski definition) is 4. The number of ketones is 1. The fraction of sp³-hybridized carbons (Fsp3) is 0.467. The Bertz CT molecular complexity index is 572. The van der Waals surface area contributed by atoms with Crippen molar-refractivity contribution in [1.29, 1.82) is 0 Å². The Morgan fingerprint density at radius 1 is 1.42 bits per heavy atom. The molecule has 0 fully saturated rings. The number of nitrogens with one attached hydrogen (secondary N) is 1. The molecule has 1 aromatic heterocycles. The summed E-state index contributed by atoms with van der Waals surface area (Å²) in [6, 6.07) is 6.10. The lowest BCUT2D eigenvalue weighted by Crippen LogP contribution is -2.33. The van der Waals surface area contributed by atoms with Crippen molar-refractivity contribution in [1.82, 2.24) is 10.3 Å². The van der Waals surface area contributed by atoms with Crippen LogP contribution in [0.3, 0.4) is 0 Å². The molecule has 4 heteroatoms. The molecule has 19 heavy (non-hydrogen) atoms. The maximum atomic E-state index is 10.9. The summed E-state index contributed by atoms with van der Waals surface area (Å²) in [5.74, 6) is 0.216. The molecule has 0 amide bonds. The normalized spacial score (nSPS) is 11.9. The van der Waals surface area contributed by atoms with Crippen molar-refractivity contribution in [2.45, 2.75) is 32.6 Å². The predicted octanol–water partition coefficient (Wildman–Crippen LogP) is 2.67. The molecule has 1 heterocycles. The van der Waals surface area contributed by atoms with E-state index in [2.05, 4.69) is 30.2 Å². The molecule has 0 unspecified atom stereocenters. The number of nitrogens with zero attached hydrogens (tertiary/aromatic N) is 1. The first kappa shape index (κ1) is 13.7. The number of fused-ring (bicyclic) bond motifs is 1. The highest BCUT2D eigenvalue weighted by Crippen LogP contribution is 2.25. The maximum absolute atomic E-state index is 10.9. The van der Waals surface area contributed by atoms with Crippen molar-refractivity contribution in [3.05, 3.63) is 30.2 Å². The van der Waals surface area contributed by atoms with Gasteiger partial charge in [0.15, 0.2) is 12.0 Å². The summed E-state index contributed by atoms with van der Waals surface area (Å²) in [6.07, 6.45) is 2.05. The third-order valence-corrected chi connectivity index (χ3v) is 3.33. The van der Waals surface area contributed by atoms with E-state index in [1.807, 2.05) is 12.1 Å². The van der Waals surface area contributed by atoms with E-state index >= 15 is 0 Å². The van der Waals surface area contributed by atoms with Gasteiger partial charge in [-0.2, -0.15) is 0 Å². The molecule has 0 aliphatic rings. The molecule has 0 atom stereocenters. The summed E-state index contributed by atoms with van der Waals surface area (Å²) in [5, 5.41) is 3.33. The number of oxazole rings is 1. The van der Waals surface area contributed by atoms with Gasteiger partial charge in [-0.3, -0.25) is 4.79 Å². The molecule has 0 aliphatic carbocycles. The average molecular weight is 260 g/mol. The summed E-state index contributed by atoms with van der Waals surface area (Å²) in [6.45, 7) is 7.50. The van der Waals surface area contributed by atoms with Crippen LogP contribution in [0.2, 0.25) is 0 Å². The van der Waals surface area contributed by atoms with Gasteiger partial charge in [0.25, 0.3) is 0 Å². The number of Topliss-reactive ketones (excluding diaryl/α,β-unsaturated/α-hetero) is 1. The van der Waals surface area contributed by atoms with E-state index in [4.69, 9.17) is 4.42 Å². The molecule has 0 bridgehead atoms. The van der Waals surface area contributed by atoms with Crippen molar-refractivity contribution in [3.8, 4) is 0 Å². The van der Waals surface area contributed by atoms with Gasteiger partial charge in [0.1, 0.15) is 11.3 Å². The Hall–Kier alpha value is -1.68. The summed E-state index contributed by atoms with van der Waals surface area (Å²) in [5.41, 5.74) is 2.88. The fourth-order valence-corrected chi connectivity index (χ4v) is 2.04. The predicted molar refractivity (Wildman–Crippen MR) is 75.2 cm³/mol. The van der Waals surface area contributed by atoms with Gasteiger partial charge in [-0.15, -0.1) is 0 Å². The summed E-state index contributed by atoms with van der Waals surface area (Å²) >= 11 is 0. The van der Waals surface area contributed by atoms with Crippen LogP contribution in [0.15, 0.2) is 29.0 Å². The van der Waals surface area contributed by atoms with Crippen molar-refractivity contribution >= 4 is 16.9 Å². The van der Waals surface area contributed by atoms with Crippen LogP contribution in [0.1, 0.15) is 32.8 Å². The van der Waals surface area contributed by atoms with Gasteiger partial charge in [-0.05, 0) is 24.6 Å². The lowest BCUT2D eigenvalue weighted by atomic mass is 9.84. The Kier molecular flexibility index (Phi) is 4.00. The molecule has 0 saturated heterocycles. The second-order valence-corrected chi connectivity index (χ2v) is 5.55. The zero-order valence-electron chi connectivity index (χ0n) is 11.7. The highest BCUT2D eigenvalue weighted by molar-refractivity contribution is 5.75. The van der Waals surface area contributed by atoms with Crippen molar-refractivity contribution in [2.24, 2.45) is 0 Å². The molecule has 2 aromatic rings. The van der Waals surface area contributed by atoms with Crippen LogP contribution in [0.5, 0.6) is 0 Å². The van der Waals surface area contributed by atoms with E-state index in [0.717, 1.165) is 24.2 Å². The minimum atomic E-state index is -0.0161. The fourth-order valence-electron chi connectivity index (χ4n) is 2.04. The first-order valence-corrected chi connectivity index (χ1v) is 6.53. The zero-order valence-corrected chi connectivity index (χ0v) is 11.7. The van der Waals surface area contributed by atoms with Crippen molar-refractivity contribution in [3.63, 3.8) is 0 Å². The van der Waals surface area contributed by atoms with Gasteiger partial charge in [0.05, 0.1) is 0 Å². The number of benzene rings is 1. The molecule has 1 N–H and O–H groups in total. The highest BCUT2D eigenvalue weighted by atomic mass is 16.3. The SMILES string of the molecule is CC(=O)CCNCC(C)(C)c1ccc2ncoc2c1. The Balaban J connectivity index is 2.03. The van der Waals surface area contributed by atoms with Gasteiger partial charge in [0, 0.05) is 24.9 Å². The van der Waals surface area contributed by atoms with E-state index in [1.54, 1.807) is 6.92 Å². The largest absolute Gasteiger partial charge is 0.443 e. The van der Waals surface area contributed by atoms with Gasteiger partial charge in [-0.1, -0.05) is 19.9 Å². The van der Waals surface area contributed by atoms with Crippen LogP contribution in [0, 0.1) is 0 Å². The quantitative estimate of drug-likeness (QED) is 0.811. The van der Waals surface area contributed by atoms with Crippen LogP contribution in [0.4, 0.5) is 0 Å². The van der Waals surface area contributed by atoms with E-state index < -0.39 is 0 Å². The topological polar surface area (TPSA) is 55.1 Å². The standard InChI is InChI=1S/C15H20N2O2/c1-11(18)6-7-16-9-15(2,3)12-4-5-13-14(8-12)19-10-17-13/h4-5,8,10,16H,6-7,9H2,1-3H3. The Morgan fingerprint density at radius 3 is 2.95 bits per heavy atom. The van der Waals surface area contributed by atoms with Gasteiger partial charge in [-0.25, -0.2) is 4.98 Å². The second-order valence-electron chi connectivity index (χ2n) is 5.55. The Morgan fingerprint density at radius 2 is 2.21 bits per heavy atom. The third-order valence-electron chi connectivity index (χ3n) is 3.33. The first-order chi connectivity index (χ1) is 8.99. The molecule has 0 aliphatic heterocycles. The smallest absolute Gasteiger partial charge is 0.181 e. The zero-order chi connectivity index (χ0) is 13.9. The lowest BCUT2D eigenvalue weighted by Gasteiger charge is -2.25. The van der Waals surface area contributed by atoms with Crippen LogP contribution in [-0.4, -0.2) is 23.9 Å². The van der Waals surface area contributed by atoms with E-state index in [-0.39, 0.29) is 11.2 Å². The van der Waals surface area contributed by atoms with Gasteiger partial charge >= 0.3 is 0 Å². The monoisotopic (exact) mass is 260 g/mol. The minimum absolute atomic E-state index is 0.0161. The van der Waals surface area contributed by atoms with Crippen LogP contribution < -0.4 is 5.32 Å². The van der Waals surface area contributed by atoms with Gasteiger partial charge in [0.2, 0.25) is 0 Å². The Labute approximate surface area is 113 Å². The number of hydrogen-bond donors (Lipinski definition) is 1.